The zero-order valence-electron chi connectivity index (χ0n) is 9.41. The molecule has 1 aliphatic rings. The molecule has 0 atom stereocenters. The topological polar surface area (TPSA) is 54.7 Å². The van der Waals surface area contributed by atoms with Crippen molar-refractivity contribution in [3.8, 4) is 11.3 Å². The van der Waals surface area contributed by atoms with Gasteiger partial charge in [0, 0.05) is 10.6 Å². The maximum absolute atomic E-state index is 6.23. The first-order valence-corrected chi connectivity index (χ1v) is 6.16. The number of aromatic nitrogens is 2. The maximum Gasteiger partial charge on any atom is 0.126 e. The highest BCUT2D eigenvalue weighted by atomic mass is 35.5. The van der Waals surface area contributed by atoms with Crippen molar-refractivity contribution in [2.75, 3.05) is 0 Å². The lowest BCUT2D eigenvalue weighted by atomic mass is 9.77. The fourth-order valence-electron chi connectivity index (χ4n) is 2.19. The molecule has 1 fully saturated rings. The van der Waals surface area contributed by atoms with Crippen LogP contribution < -0.4 is 5.73 Å². The van der Waals surface area contributed by atoms with Crippen LogP contribution in [0.15, 0.2) is 30.5 Å². The molecule has 0 unspecified atom stereocenters. The number of nitrogens with one attached hydrogen (secondary N) is 1. The minimum absolute atomic E-state index is 0.250. The molecule has 1 aromatic carbocycles. The Morgan fingerprint density at radius 3 is 2.71 bits per heavy atom. The molecular formula is C13H14ClN3. The molecule has 2 aromatic rings. The van der Waals surface area contributed by atoms with Gasteiger partial charge in [-0.3, -0.25) is 0 Å². The van der Waals surface area contributed by atoms with Crippen molar-refractivity contribution in [3.05, 3.63) is 41.3 Å². The molecular weight excluding hydrogens is 234 g/mol. The van der Waals surface area contributed by atoms with Crippen molar-refractivity contribution < 1.29 is 0 Å². The van der Waals surface area contributed by atoms with E-state index < -0.39 is 0 Å². The fourth-order valence-corrected chi connectivity index (χ4v) is 2.42. The minimum Gasteiger partial charge on any atom is -0.340 e. The van der Waals surface area contributed by atoms with Crippen molar-refractivity contribution in [2.45, 2.75) is 24.8 Å². The van der Waals surface area contributed by atoms with Gasteiger partial charge in [-0.2, -0.15) is 0 Å². The zero-order chi connectivity index (χ0) is 11.9. The molecule has 0 radical (unpaired) electrons. The van der Waals surface area contributed by atoms with Crippen LogP contribution in [-0.2, 0) is 5.54 Å². The van der Waals surface area contributed by atoms with Crippen molar-refractivity contribution in [2.24, 2.45) is 5.73 Å². The van der Waals surface area contributed by atoms with Gasteiger partial charge in [-0.15, -0.1) is 0 Å². The summed E-state index contributed by atoms with van der Waals surface area (Å²) in [5.41, 5.74) is 7.88. The first-order chi connectivity index (χ1) is 8.19. The summed E-state index contributed by atoms with van der Waals surface area (Å²) in [5.74, 6) is 0.874. The Morgan fingerprint density at radius 2 is 2.06 bits per heavy atom. The molecule has 0 spiro atoms. The van der Waals surface area contributed by atoms with Gasteiger partial charge in [0.1, 0.15) is 5.82 Å². The van der Waals surface area contributed by atoms with Gasteiger partial charge in [0.25, 0.3) is 0 Å². The first kappa shape index (κ1) is 10.8. The highest BCUT2D eigenvalue weighted by Gasteiger charge is 2.37. The maximum atomic E-state index is 6.23. The van der Waals surface area contributed by atoms with Crippen LogP contribution in [0.3, 0.4) is 0 Å². The molecule has 1 aliphatic carbocycles. The lowest BCUT2D eigenvalue weighted by Crippen LogP contribution is -2.44. The molecule has 88 valence electrons. The quantitative estimate of drug-likeness (QED) is 0.857. The van der Waals surface area contributed by atoms with Gasteiger partial charge in [0.2, 0.25) is 0 Å². The molecule has 1 aromatic heterocycles. The second-order valence-electron chi connectivity index (χ2n) is 4.64. The SMILES string of the molecule is NC1(c2ncc(-c3ccccc3Cl)[nH]2)CCC1. The van der Waals surface area contributed by atoms with E-state index in [4.69, 9.17) is 17.3 Å². The standard InChI is InChI=1S/C13H14ClN3/c14-10-5-2-1-4-9(10)11-8-16-12(17-11)13(15)6-3-7-13/h1-2,4-5,8H,3,6-7,15H2,(H,16,17). The summed E-state index contributed by atoms with van der Waals surface area (Å²) in [6, 6.07) is 7.73. The molecule has 17 heavy (non-hydrogen) atoms. The predicted molar refractivity (Wildman–Crippen MR) is 68.8 cm³/mol. The molecule has 0 amide bonds. The van der Waals surface area contributed by atoms with Crippen LogP contribution >= 0.6 is 11.6 Å². The molecule has 3 rings (SSSR count). The lowest BCUT2D eigenvalue weighted by Gasteiger charge is -2.35. The normalized spacial score (nSPS) is 17.8. The third-order valence-corrected chi connectivity index (χ3v) is 3.79. The summed E-state index contributed by atoms with van der Waals surface area (Å²) >= 11 is 6.15. The molecule has 1 heterocycles. The Kier molecular flexibility index (Phi) is 2.45. The van der Waals surface area contributed by atoms with Crippen molar-refractivity contribution in [3.63, 3.8) is 0 Å². The van der Waals surface area contributed by atoms with E-state index in [1.54, 1.807) is 0 Å². The van der Waals surface area contributed by atoms with Gasteiger partial charge >= 0.3 is 0 Å². The molecule has 3 nitrogen and oxygen atoms in total. The van der Waals surface area contributed by atoms with Gasteiger partial charge in [-0.25, -0.2) is 4.98 Å². The third kappa shape index (κ3) is 1.75. The number of hydrogen-bond donors (Lipinski definition) is 2. The molecule has 0 aliphatic heterocycles. The van der Waals surface area contributed by atoms with Crippen LogP contribution in [0.5, 0.6) is 0 Å². The average Bonchev–Trinajstić information content (AvgIpc) is 2.76. The van der Waals surface area contributed by atoms with Gasteiger partial charge in [0.05, 0.1) is 17.4 Å². The summed E-state index contributed by atoms with van der Waals surface area (Å²) in [5, 5.41) is 0.724. The summed E-state index contributed by atoms with van der Waals surface area (Å²) in [6.07, 6.45) is 4.99. The molecule has 1 saturated carbocycles. The van der Waals surface area contributed by atoms with Crippen LogP contribution in [0.25, 0.3) is 11.3 Å². The van der Waals surface area contributed by atoms with E-state index in [0.717, 1.165) is 34.9 Å². The number of rotatable bonds is 2. The van der Waals surface area contributed by atoms with Crippen LogP contribution in [0.4, 0.5) is 0 Å². The Bertz CT molecular complexity index is 543. The number of hydrogen-bond acceptors (Lipinski definition) is 2. The second kappa shape index (κ2) is 3.86. The largest absolute Gasteiger partial charge is 0.340 e. The second-order valence-corrected chi connectivity index (χ2v) is 5.04. The molecule has 4 heteroatoms. The van der Waals surface area contributed by atoms with Gasteiger partial charge in [0.15, 0.2) is 0 Å². The van der Waals surface area contributed by atoms with Crippen LogP contribution in [0.1, 0.15) is 25.1 Å². The number of H-pyrrole nitrogens is 1. The van der Waals surface area contributed by atoms with E-state index in [2.05, 4.69) is 9.97 Å². The number of nitrogens with two attached hydrogens (primary N) is 1. The number of nitrogens with zero attached hydrogens (tertiary/aromatic N) is 1. The van der Waals surface area contributed by atoms with Crippen molar-refractivity contribution in [1.82, 2.24) is 9.97 Å². The average molecular weight is 248 g/mol. The van der Waals surface area contributed by atoms with E-state index >= 15 is 0 Å². The van der Waals surface area contributed by atoms with Crippen LogP contribution in [-0.4, -0.2) is 9.97 Å². The molecule has 0 saturated heterocycles. The summed E-state index contributed by atoms with van der Waals surface area (Å²) in [7, 11) is 0. The zero-order valence-corrected chi connectivity index (χ0v) is 10.2. The molecule has 0 bridgehead atoms. The third-order valence-electron chi connectivity index (χ3n) is 3.46. The number of imidazole rings is 1. The van der Waals surface area contributed by atoms with Gasteiger partial charge in [-0.1, -0.05) is 29.8 Å². The Balaban J connectivity index is 1.98. The highest BCUT2D eigenvalue weighted by Crippen LogP contribution is 2.38. The number of benzene rings is 1. The first-order valence-electron chi connectivity index (χ1n) is 5.78. The summed E-state index contributed by atoms with van der Waals surface area (Å²) in [4.78, 5) is 7.68. The fraction of sp³-hybridized carbons (Fsp3) is 0.308. The van der Waals surface area contributed by atoms with E-state index in [-0.39, 0.29) is 5.54 Å². The summed E-state index contributed by atoms with van der Waals surface area (Å²) in [6.45, 7) is 0. The van der Waals surface area contributed by atoms with Crippen LogP contribution in [0, 0.1) is 0 Å². The smallest absolute Gasteiger partial charge is 0.126 e. The summed E-state index contributed by atoms with van der Waals surface area (Å²) < 4.78 is 0. The number of halogens is 1. The van der Waals surface area contributed by atoms with E-state index in [1.807, 2.05) is 30.5 Å². The van der Waals surface area contributed by atoms with E-state index in [0.29, 0.717) is 0 Å². The highest BCUT2D eigenvalue weighted by molar-refractivity contribution is 6.33. The monoisotopic (exact) mass is 247 g/mol. The Hall–Kier alpha value is -1.32. The minimum atomic E-state index is -0.250. The van der Waals surface area contributed by atoms with Crippen molar-refractivity contribution >= 4 is 11.6 Å². The van der Waals surface area contributed by atoms with E-state index in [1.165, 1.54) is 6.42 Å². The lowest BCUT2D eigenvalue weighted by molar-refractivity contribution is 0.240. The van der Waals surface area contributed by atoms with Gasteiger partial charge < -0.3 is 10.7 Å². The number of aromatic amines is 1. The van der Waals surface area contributed by atoms with Crippen molar-refractivity contribution in [1.29, 1.82) is 0 Å². The Morgan fingerprint density at radius 1 is 1.29 bits per heavy atom. The Labute approximate surface area is 105 Å². The van der Waals surface area contributed by atoms with Crippen LogP contribution in [0.2, 0.25) is 5.02 Å². The van der Waals surface area contributed by atoms with Gasteiger partial charge in [-0.05, 0) is 25.3 Å². The van der Waals surface area contributed by atoms with E-state index in [9.17, 15) is 0 Å². The molecule has 3 N–H and O–H groups in total. The predicted octanol–water partition coefficient (Wildman–Crippen LogP) is 3.07.